The van der Waals surface area contributed by atoms with Gasteiger partial charge in [0.15, 0.2) is 5.82 Å². The minimum atomic E-state index is 0.402. The van der Waals surface area contributed by atoms with Crippen molar-refractivity contribution in [3.8, 4) is 0 Å². The molecule has 1 aromatic rings. The number of nitrogens with zero attached hydrogens (tertiary/aromatic N) is 2. The van der Waals surface area contributed by atoms with Crippen molar-refractivity contribution in [2.45, 2.75) is 32.7 Å². The summed E-state index contributed by atoms with van der Waals surface area (Å²) in [7, 11) is 1.71. The smallest absolute Gasteiger partial charge is 0.227 e. The van der Waals surface area contributed by atoms with Gasteiger partial charge in [-0.05, 0) is 13.3 Å². The summed E-state index contributed by atoms with van der Waals surface area (Å²) < 4.78 is 10.1. The van der Waals surface area contributed by atoms with Crippen molar-refractivity contribution >= 4 is 0 Å². The van der Waals surface area contributed by atoms with Gasteiger partial charge in [0.2, 0.25) is 5.89 Å². The standard InChI is InChI=1S/C10H19N3O2/c1-4-9(7-14-3)11-6-5-10-12-8(2)13-15-10/h9,11H,4-7H2,1-3H3. The van der Waals surface area contributed by atoms with Gasteiger partial charge in [-0.1, -0.05) is 12.1 Å². The molecule has 15 heavy (non-hydrogen) atoms. The minimum absolute atomic E-state index is 0.402. The summed E-state index contributed by atoms with van der Waals surface area (Å²) in [6.07, 6.45) is 1.82. The Balaban J connectivity index is 2.20. The second kappa shape index (κ2) is 6.53. The number of aromatic nitrogens is 2. The third-order valence-corrected chi connectivity index (χ3v) is 2.20. The Morgan fingerprint density at radius 2 is 2.33 bits per heavy atom. The minimum Gasteiger partial charge on any atom is -0.383 e. The Hall–Kier alpha value is -0.940. The fraction of sp³-hybridized carbons (Fsp3) is 0.800. The average molecular weight is 213 g/mol. The van der Waals surface area contributed by atoms with E-state index in [0.717, 1.165) is 26.0 Å². The predicted molar refractivity (Wildman–Crippen MR) is 56.7 cm³/mol. The Labute approximate surface area is 90.2 Å². The molecule has 1 aromatic heterocycles. The van der Waals surface area contributed by atoms with E-state index in [0.29, 0.717) is 17.8 Å². The molecular formula is C10H19N3O2. The zero-order valence-corrected chi connectivity index (χ0v) is 9.62. The van der Waals surface area contributed by atoms with E-state index in [-0.39, 0.29) is 0 Å². The second-order valence-electron chi connectivity index (χ2n) is 3.50. The van der Waals surface area contributed by atoms with E-state index in [9.17, 15) is 0 Å². The summed E-state index contributed by atoms with van der Waals surface area (Å²) in [5.74, 6) is 1.38. The number of nitrogens with one attached hydrogen (secondary N) is 1. The lowest BCUT2D eigenvalue weighted by Gasteiger charge is -2.14. The number of hydrogen-bond donors (Lipinski definition) is 1. The van der Waals surface area contributed by atoms with E-state index in [2.05, 4.69) is 22.4 Å². The summed E-state index contributed by atoms with van der Waals surface area (Å²) >= 11 is 0. The van der Waals surface area contributed by atoms with Crippen LogP contribution in [0.2, 0.25) is 0 Å². The lowest BCUT2D eigenvalue weighted by atomic mass is 10.2. The van der Waals surface area contributed by atoms with Gasteiger partial charge in [-0.2, -0.15) is 4.98 Å². The van der Waals surface area contributed by atoms with Gasteiger partial charge in [0.25, 0.3) is 0 Å². The highest BCUT2D eigenvalue weighted by Gasteiger charge is 2.06. The van der Waals surface area contributed by atoms with E-state index < -0.39 is 0 Å². The first-order valence-electron chi connectivity index (χ1n) is 5.27. The van der Waals surface area contributed by atoms with Gasteiger partial charge in [-0.3, -0.25) is 0 Å². The van der Waals surface area contributed by atoms with Crippen molar-refractivity contribution in [3.05, 3.63) is 11.7 Å². The van der Waals surface area contributed by atoms with Crippen LogP contribution in [0.3, 0.4) is 0 Å². The predicted octanol–water partition coefficient (Wildman–Crippen LogP) is 0.935. The molecule has 0 aliphatic carbocycles. The van der Waals surface area contributed by atoms with Gasteiger partial charge in [0, 0.05) is 26.1 Å². The van der Waals surface area contributed by atoms with E-state index in [4.69, 9.17) is 9.26 Å². The molecule has 0 spiro atoms. The maximum atomic E-state index is 5.09. The fourth-order valence-corrected chi connectivity index (χ4v) is 1.35. The van der Waals surface area contributed by atoms with Gasteiger partial charge >= 0.3 is 0 Å². The monoisotopic (exact) mass is 213 g/mol. The molecule has 1 rings (SSSR count). The van der Waals surface area contributed by atoms with E-state index in [1.54, 1.807) is 7.11 Å². The van der Waals surface area contributed by atoms with Gasteiger partial charge in [-0.15, -0.1) is 0 Å². The van der Waals surface area contributed by atoms with Crippen LogP contribution in [0.15, 0.2) is 4.52 Å². The lowest BCUT2D eigenvalue weighted by Crippen LogP contribution is -2.34. The molecule has 0 aromatic carbocycles. The molecule has 0 saturated heterocycles. The molecule has 0 bridgehead atoms. The van der Waals surface area contributed by atoms with Crippen molar-refractivity contribution in [2.75, 3.05) is 20.3 Å². The highest BCUT2D eigenvalue weighted by molar-refractivity contribution is 4.83. The first-order valence-corrected chi connectivity index (χ1v) is 5.27. The summed E-state index contributed by atoms with van der Waals surface area (Å²) in [5.41, 5.74) is 0. The quantitative estimate of drug-likeness (QED) is 0.730. The van der Waals surface area contributed by atoms with Crippen LogP contribution in [0, 0.1) is 6.92 Å². The third kappa shape index (κ3) is 4.40. The number of ether oxygens (including phenoxy) is 1. The molecule has 0 radical (unpaired) electrons. The topological polar surface area (TPSA) is 60.2 Å². The molecule has 0 saturated carbocycles. The van der Waals surface area contributed by atoms with Crippen molar-refractivity contribution in [1.82, 2.24) is 15.5 Å². The fourth-order valence-electron chi connectivity index (χ4n) is 1.35. The molecule has 0 amide bonds. The maximum absolute atomic E-state index is 5.09. The van der Waals surface area contributed by atoms with Crippen LogP contribution < -0.4 is 5.32 Å². The first-order chi connectivity index (χ1) is 7.26. The van der Waals surface area contributed by atoms with Gasteiger partial charge < -0.3 is 14.6 Å². The zero-order valence-electron chi connectivity index (χ0n) is 9.62. The van der Waals surface area contributed by atoms with Gasteiger partial charge in [0.05, 0.1) is 6.61 Å². The zero-order chi connectivity index (χ0) is 11.1. The number of methoxy groups -OCH3 is 1. The van der Waals surface area contributed by atoms with Crippen LogP contribution in [-0.4, -0.2) is 36.4 Å². The normalized spacial score (nSPS) is 13.0. The van der Waals surface area contributed by atoms with Crippen molar-refractivity contribution in [2.24, 2.45) is 0 Å². The van der Waals surface area contributed by atoms with Crippen LogP contribution in [0.5, 0.6) is 0 Å². The number of hydrogen-bond acceptors (Lipinski definition) is 5. The maximum Gasteiger partial charge on any atom is 0.227 e. The summed E-state index contributed by atoms with van der Waals surface area (Å²) in [4.78, 5) is 4.13. The molecule has 1 atom stereocenters. The largest absolute Gasteiger partial charge is 0.383 e. The van der Waals surface area contributed by atoms with Crippen LogP contribution in [0.4, 0.5) is 0 Å². The van der Waals surface area contributed by atoms with Crippen molar-refractivity contribution < 1.29 is 9.26 Å². The van der Waals surface area contributed by atoms with Crippen LogP contribution in [0.25, 0.3) is 0 Å². The molecule has 5 nitrogen and oxygen atoms in total. The van der Waals surface area contributed by atoms with E-state index in [1.165, 1.54) is 0 Å². The molecule has 86 valence electrons. The van der Waals surface area contributed by atoms with Crippen LogP contribution in [-0.2, 0) is 11.2 Å². The molecule has 5 heteroatoms. The van der Waals surface area contributed by atoms with Crippen LogP contribution >= 0.6 is 0 Å². The number of rotatable bonds is 7. The highest BCUT2D eigenvalue weighted by Crippen LogP contribution is 1.97. The van der Waals surface area contributed by atoms with E-state index in [1.807, 2.05) is 6.92 Å². The third-order valence-electron chi connectivity index (χ3n) is 2.20. The summed E-state index contributed by atoms with van der Waals surface area (Å²) in [6.45, 7) is 5.52. The molecule has 1 N–H and O–H groups in total. The summed E-state index contributed by atoms with van der Waals surface area (Å²) in [6, 6.07) is 0.402. The Morgan fingerprint density at radius 3 is 2.87 bits per heavy atom. The average Bonchev–Trinajstić information content (AvgIpc) is 2.63. The summed E-state index contributed by atoms with van der Waals surface area (Å²) in [5, 5.41) is 7.11. The van der Waals surface area contributed by atoms with Gasteiger partial charge in [-0.25, -0.2) is 0 Å². The Bertz CT molecular complexity index is 275. The van der Waals surface area contributed by atoms with Crippen molar-refractivity contribution in [1.29, 1.82) is 0 Å². The SMILES string of the molecule is CCC(COC)NCCc1nc(C)no1. The number of aryl methyl sites for hydroxylation is 1. The molecule has 1 unspecified atom stereocenters. The molecule has 0 aliphatic heterocycles. The first kappa shape index (κ1) is 12.1. The van der Waals surface area contributed by atoms with Crippen LogP contribution in [0.1, 0.15) is 25.1 Å². The van der Waals surface area contributed by atoms with E-state index >= 15 is 0 Å². The Morgan fingerprint density at radius 1 is 1.53 bits per heavy atom. The lowest BCUT2D eigenvalue weighted by molar-refractivity contribution is 0.164. The molecule has 0 fully saturated rings. The Kier molecular flexibility index (Phi) is 5.28. The molecular weight excluding hydrogens is 194 g/mol. The van der Waals surface area contributed by atoms with Crippen molar-refractivity contribution in [3.63, 3.8) is 0 Å². The van der Waals surface area contributed by atoms with Gasteiger partial charge in [0.1, 0.15) is 0 Å². The molecule has 1 heterocycles. The molecule has 0 aliphatic rings. The second-order valence-corrected chi connectivity index (χ2v) is 3.50. The highest BCUT2D eigenvalue weighted by atomic mass is 16.5.